The molecule has 1 nitrogen and oxygen atoms in total. The van der Waals surface area contributed by atoms with Gasteiger partial charge >= 0.3 is 0 Å². The summed E-state index contributed by atoms with van der Waals surface area (Å²) in [6.07, 6.45) is 6.40. The van der Waals surface area contributed by atoms with Gasteiger partial charge in [0.2, 0.25) is 0 Å². The summed E-state index contributed by atoms with van der Waals surface area (Å²) in [5.74, 6) is 1.000. The first-order valence-electron chi connectivity index (χ1n) is 5.65. The third kappa shape index (κ3) is 7.43. The summed E-state index contributed by atoms with van der Waals surface area (Å²) >= 11 is 1.50. The second kappa shape index (κ2) is 7.33. The van der Waals surface area contributed by atoms with Gasteiger partial charge in [-0.3, -0.25) is 4.79 Å². The Morgan fingerprint density at radius 2 is 1.64 bits per heavy atom. The molecule has 0 aliphatic heterocycles. The fourth-order valence-corrected chi connectivity index (χ4v) is 2.05. The minimum atomic E-state index is -0.173. The van der Waals surface area contributed by atoms with Crippen LogP contribution in [0.4, 0.5) is 0 Å². The monoisotopic (exact) mass is 216 g/mol. The maximum atomic E-state index is 11.5. The second-order valence-corrected chi connectivity index (χ2v) is 5.87. The van der Waals surface area contributed by atoms with Crippen molar-refractivity contribution in [2.24, 2.45) is 5.41 Å². The zero-order valence-electron chi connectivity index (χ0n) is 10.1. The molecule has 0 spiro atoms. The molecule has 0 saturated carbocycles. The van der Waals surface area contributed by atoms with Gasteiger partial charge in [-0.1, -0.05) is 65.1 Å². The van der Waals surface area contributed by atoms with Gasteiger partial charge in [-0.05, 0) is 6.42 Å². The van der Waals surface area contributed by atoms with Crippen LogP contribution in [0.1, 0.15) is 59.8 Å². The highest BCUT2D eigenvalue weighted by molar-refractivity contribution is 8.13. The summed E-state index contributed by atoms with van der Waals surface area (Å²) in [4.78, 5) is 11.5. The Morgan fingerprint density at radius 3 is 2.14 bits per heavy atom. The third-order valence-corrected chi connectivity index (χ3v) is 3.46. The summed E-state index contributed by atoms with van der Waals surface area (Å²) in [7, 11) is 0. The molecule has 0 aliphatic carbocycles. The van der Waals surface area contributed by atoms with Gasteiger partial charge in [-0.15, -0.1) is 0 Å². The molecule has 0 aromatic rings. The van der Waals surface area contributed by atoms with Gasteiger partial charge < -0.3 is 0 Å². The molecule has 14 heavy (non-hydrogen) atoms. The van der Waals surface area contributed by atoms with Crippen LogP contribution in [0.15, 0.2) is 0 Å². The molecule has 84 valence electrons. The first-order valence-corrected chi connectivity index (χ1v) is 6.64. The lowest BCUT2D eigenvalue weighted by atomic mass is 10.00. The van der Waals surface area contributed by atoms with E-state index in [1.807, 2.05) is 20.8 Å². The van der Waals surface area contributed by atoms with E-state index in [4.69, 9.17) is 0 Å². The fraction of sp³-hybridized carbons (Fsp3) is 0.917. The molecule has 0 aliphatic rings. The number of carbonyl (C=O) groups excluding carboxylic acids is 1. The standard InChI is InChI=1S/C12H24OS/c1-5-6-7-8-9-10-14-11(13)12(2,3)4/h5-10H2,1-4H3. The highest BCUT2D eigenvalue weighted by Crippen LogP contribution is 2.23. The van der Waals surface area contributed by atoms with Crippen LogP contribution in [0.5, 0.6) is 0 Å². The zero-order chi connectivity index (χ0) is 11.0. The number of unbranched alkanes of at least 4 members (excludes halogenated alkanes) is 4. The second-order valence-electron chi connectivity index (χ2n) is 4.80. The summed E-state index contributed by atoms with van der Waals surface area (Å²) in [6.45, 7) is 8.18. The van der Waals surface area contributed by atoms with Gasteiger partial charge in [0, 0.05) is 11.2 Å². The van der Waals surface area contributed by atoms with E-state index in [1.165, 1.54) is 43.9 Å². The topological polar surface area (TPSA) is 17.1 Å². The Labute approximate surface area is 93.0 Å². The van der Waals surface area contributed by atoms with Crippen LogP contribution >= 0.6 is 11.8 Å². The lowest BCUT2D eigenvalue weighted by molar-refractivity contribution is -0.117. The van der Waals surface area contributed by atoms with Crippen molar-refractivity contribution >= 4 is 16.9 Å². The van der Waals surface area contributed by atoms with Crippen LogP contribution in [0.3, 0.4) is 0 Å². The molecular weight excluding hydrogens is 192 g/mol. The van der Waals surface area contributed by atoms with E-state index in [-0.39, 0.29) is 5.41 Å². The summed E-state index contributed by atoms with van der Waals surface area (Å²) in [5, 5.41) is 0.327. The van der Waals surface area contributed by atoms with Crippen LogP contribution in [-0.2, 0) is 4.79 Å². The van der Waals surface area contributed by atoms with E-state index in [9.17, 15) is 4.79 Å². The molecule has 0 amide bonds. The third-order valence-electron chi connectivity index (χ3n) is 2.09. The van der Waals surface area contributed by atoms with Gasteiger partial charge in [0.1, 0.15) is 0 Å². The fourth-order valence-electron chi connectivity index (χ4n) is 1.09. The molecule has 0 unspecified atom stereocenters. The predicted octanol–water partition coefficient (Wildman–Crippen LogP) is 4.26. The summed E-state index contributed by atoms with van der Waals surface area (Å²) in [6, 6.07) is 0. The van der Waals surface area contributed by atoms with Crippen molar-refractivity contribution in [2.75, 3.05) is 5.75 Å². The Kier molecular flexibility index (Phi) is 7.34. The summed E-state index contributed by atoms with van der Waals surface area (Å²) in [5.41, 5.74) is -0.173. The van der Waals surface area contributed by atoms with Crippen molar-refractivity contribution < 1.29 is 4.79 Å². The minimum absolute atomic E-state index is 0.173. The quantitative estimate of drug-likeness (QED) is 0.617. The highest BCUT2D eigenvalue weighted by atomic mass is 32.2. The molecule has 0 N–H and O–H groups in total. The first-order chi connectivity index (χ1) is 6.48. The number of hydrogen-bond acceptors (Lipinski definition) is 2. The van der Waals surface area contributed by atoms with E-state index in [0.717, 1.165) is 5.75 Å². The maximum absolute atomic E-state index is 11.5. The molecule has 0 fully saturated rings. The number of rotatable bonds is 6. The van der Waals surface area contributed by atoms with Gasteiger partial charge in [0.15, 0.2) is 5.12 Å². The lowest BCUT2D eigenvalue weighted by Gasteiger charge is -2.15. The lowest BCUT2D eigenvalue weighted by Crippen LogP contribution is -2.16. The van der Waals surface area contributed by atoms with Crippen molar-refractivity contribution in [3.05, 3.63) is 0 Å². The molecule has 2 heteroatoms. The van der Waals surface area contributed by atoms with Crippen molar-refractivity contribution in [1.82, 2.24) is 0 Å². The number of thioether (sulfide) groups is 1. The van der Waals surface area contributed by atoms with Crippen molar-refractivity contribution in [1.29, 1.82) is 0 Å². The predicted molar refractivity (Wildman–Crippen MR) is 65.7 cm³/mol. The normalized spacial score (nSPS) is 11.7. The molecule has 0 aromatic carbocycles. The van der Waals surface area contributed by atoms with Gasteiger partial charge in [-0.25, -0.2) is 0 Å². The molecule has 0 saturated heterocycles. The van der Waals surface area contributed by atoms with Crippen LogP contribution in [0.2, 0.25) is 0 Å². The average Bonchev–Trinajstić information content (AvgIpc) is 2.09. The zero-order valence-corrected chi connectivity index (χ0v) is 10.9. The Balaban J connectivity index is 3.33. The SMILES string of the molecule is CCCCCCCSC(=O)C(C)(C)C. The summed E-state index contributed by atoms with van der Waals surface area (Å²) < 4.78 is 0. The molecular formula is C12H24OS. The Morgan fingerprint density at radius 1 is 1.07 bits per heavy atom. The Hall–Kier alpha value is 0.0200. The number of carbonyl (C=O) groups is 1. The van der Waals surface area contributed by atoms with E-state index < -0.39 is 0 Å². The van der Waals surface area contributed by atoms with Gasteiger partial charge in [-0.2, -0.15) is 0 Å². The van der Waals surface area contributed by atoms with E-state index in [1.54, 1.807) is 0 Å². The van der Waals surface area contributed by atoms with Gasteiger partial charge in [0.25, 0.3) is 0 Å². The first kappa shape index (κ1) is 14.0. The highest BCUT2D eigenvalue weighted by Gasteiger charge is 2.20. The smallest absolute Gasteiger partial charge is 0.194 e. The van der Waals surface area contributed by atoms with Crippen molar-refractivity contribution in [2.45, 2.75) is 59.8 Å². The molecule has 0 radical (unpaired) electrons. The Bertz CT molecular complexity index is 158. The maximum Gasteiger partial charge on any atom is 0.194 e. The number of hydrogen-bond donors (Lipinski definition) is 0. The molecule has 0 rings (SSSR count). The van der Waals surface area contributed by atoms with Crippen molar-refractivity contribution in [3.63, 3.8) is 0 Å². The largest absolute Gasteiger partial charge is 0.287 e. The van der Waals surface area contributed by atoms with Crippen LogP contribution in [-0.4, -0.2) is 10.9 Å². The molecule has 0 aromatic heterocycles. The molecule has 0 bridgehead atoms. The van der Waals surface area contributed by atoms with Crippen molar-refractivity contribution in [3.8, 4) is 0 Å². The van der Waals surface area contributed by atoms with Crippen LogP contribution in [0.25, 0.3) is 0 Å². The molecule has 0 atom stereocenters. The van der Waals surface area contributed by atoms with E-state index in [2.05, 4.69) is 6.92 Å². The van der Waals surface area contributed by atoms with Gasteiger partial charge in [0.05, 0.1) is 0 Å². The average molecular weight is 216 g/mol. The van der Waals surface area contributed by atoms with Crippen LogP contribution < -0.4 is 0 Å². The minimum Gasteiger partial charge on any atom is -0.287 e. The van der Waals surface area contributed by atoms with E-state index >= 15 is 0 Å². The molecule has 0 heterocycles. The van der Waals surface area contributed by atoms with Crippen LogP contribution in [0, 0.1) is 5.41 Å². The van der Waals surface area contributed by atoms with E-state index in [0.29, 0.717) is 5.12 Å².